The highest BCUT2D eigenvalue weighted by atomic mass is 19.1. The molecule has 2 N–H and O–H groups in total. The summed E-state index contributed by atoms with van der Waals surface area (Å²) in [6, 6.07) is 5.61. The third-order valence-electron chi connectivity index (χ3n) is 1.42. The molecule has 0 saturated carbocycles. The lowest BCUT2D eigenvalue weighted by atomic mass is 10.2. The summed E-state index contributed by atoms with van der Waals surface area (Å²) in [6.07, 6.45) is 1.35. The van der Waals surface area contributed by atoms with Crippen molar-refractivity contribution in [2.75, 3.05) is 6.61 Å². The van der Waals surface area contributed by atoms with Gasteiger partial charge in [-0.15, -0.1) is 0 Å². The van der Waals surface area contributed by atoms with Crippen molar-refractivity contribution in [1.82, 2.24) is 5.43 Å². The van der Waals surface area contributed by atoms with Gasteiger partial charge in [0.05, 0.1) is 6.21 Å². The number of aliphatic hydroxyl groups excluding tert-OH is 1. The van der Waals surface area contributed by atoms with Gasteiger partial charge in [0.25, 0.3) is 5.91 Å². The normalized spacial score (nSPS) is 10.4. The predicted molar refractivity (Wildman–Crippen MR) is 49.2 cm³/mol. The van der Waals surface area contributed by atoms with Crippen LogP contribution in [0, 0.1) is 5.82 Å². The maximum absolute atomic E-state index is 12.4. The van der Waals surface area contributed by atoms with E-state index in [2.05, 4.69) is 10.5 Å². The van der Waals surface area contributed by atoms with Crippen LogP contribution in [-0.4, -0.2) is 23.8 Å². The summed E-state index contributed by atoms with van der Waals surface area (Å²) in [5.41, 5.74) is 2.74. The van der Waals surface area contributed by atoms with Gasteiger partial charge in [0.1, 0.15) is 12.4 Å². The van der Waals surface area contributed by atoms with Gasteiger partial charge in [-0.3, -0.25) is 4.79 Å². The van der Waals surface area contributed by atoms with Gasteiger partial charge in [0.2, 0.25) is 0 Å². The van der Waals surface area contributed by atoms with Gasteiger partial charge in [-0.1, -0.05) is 12.1 Å². The first-order valence-electron chi connectivity index (χ1n) is 3.90. The number of hydrogen-bond donors (Lipinski definition) is 2. The Morgan fingerprint density at radius 1 is 1.50 bits per heavy atom. The lowest BCUT2D eigenvalue weighted by Crippen LogP contribution is -2.20. The standard InChI is InChI=1S/C9H9FN2O2/c10-8-3-1-7(2-4-8)5-11-12-9(14)6-13/h1-5,13H,6H2,(H,12,14)/b11-5-. The quantitative estimate of drug-likeness (QED) is 0.538. The van der Waals surface area contributed by atoms with Crippen molar-refractivity contribution in [3.63, 3.8) is 0 Å². The molecule has 0 aromatic heterocycles. The van der Waals surface area contributed by atoms with E-state index in [0.717, 1.165) is 0 Å². The molecule has 1 aromatic carbocycles. The number of carbonyl (C=O) groups is 1. The second-order valence-electron chi connectivity index (χ2n) is 2.50. The van der Waals surface area contributed by atoms with Crippen molar-refractivity contribution in [2.24, 2.45) is 5.10 Å². The Morgan fingerprint density at radius 3 is 2.71 bits per heavy atom. The summed E-state index contributed by atoms with van der Waals surface area (Å²) in [7, 11) is 0. The van der Waals surface area contributed by atoms with Crippen LogP contribution in [0.25, 0.3) is 0 Å². The average Bonchev–Trinajstić information content (AvgIpc) is 2.21. The molecule has 0 aliphatic rings. The molecule has 0 saturated heterocycles. The maximum atomic E-state index is 12.4. The highest BCUT2D eigenvalue weighted by Crippen LogP contribution is 1.99. The molecule has 5 heteroatoms. The first kappa shape index (κ1) is 10.3. The summed E-state index contributed by atoms with van der Waals surface area (Å²) < 4.78 is 12.4. The minimum absolute atomic E-state index is 0.332. The number of rotatable bonds is 3. The van der Waals surface area contributed by atoms with E-state index in [1.807, 2.05) is 0 Å². The van der Waals surface area contributed by atoms with Crippen LogP contribution in [0.1, 0.15) is 5.56 Å². The second kappa shape index (κ2) is 5.08. The average molecular weight is 196 g/mol. The van der Waals surface area contributed by atoms with Gasteiger partial charge in [-0.2, -0.15) is 5.10 Å². The first-order chi connectivity index (χ1) is 6.72. The lowest BCUT2D eigenvalue weighted by Gasteiger charge is -1.94. The topological polar surface area (TPSA) is 61.7 Å². The Hall–Kier alpha value is -1.75. The summed E-state index contributed by atoms with van der Waals surface area (Å²) in [5, 5.41) is 11.9. The van der Waals surface area contributed by atoms with Gasteiger partial charge in [0.15, 0.2) is 0 Å². The van der Waals surface area contributed by atoms with Crippen LogP contribution in [0.4, 0.5) is 4.39 Å². The van der Waals surface area contributed by atoms with E-state index in [4.69, 9.17) is 5.11 Å². The Bertz CT molecular complexity index is 335. The smallest absolute Gasteiger partial charge is 0.265 e. The highest BCUT2D eigenvalue weighted by molar-refractivity contribution is 5.82. The van der Waals surface area contributed by atoms with Crippen molar-refractivity contribution < 1.29 is 14.3 Å². The monoisotopic (exact) mass is 196 g/mol. The van der Waals surface area contributed by atoms with Gasteiger partial charge < -0.3 is 5.11 Å². The maximum Gasteiger partial charge on any atom is 0.265 e. The minimum Gasteiger partial charge on any atom is -0.386 e. The zero-order valence-electron chi connectivity index (χ0n) is 7.27. The number of carbonyl (C=O) groups excluding carboxylic acids is 1. The van der Waals surface area contributed by atoms with Crippen LogP contribution in [0.5, 0.6) is 0 Å². The molecule has 0 heterocycles. The number of halogens is 1. The first-order valence-corrected chi connectivity index (χ1v) is 3.90. The summed E-state index contributed by atoms with van der Waals surface area (Å²) in [6.45, 7) is -0.610. The fourth-order valence-corrected chi connectivity index (χ4v) is 0.763. The Labute approximate surface area is 80.1 Å². The lowest BCUT2D eigenvalue weighted by molar-refractivity contribution is -0.123. The van der Waals surface area contributed by atoms with Crippen molar-refractivity contribution in [3.05, 3.63) is 35.6 Å². The number of benzene rings is 1. The molecular weight excluding hydrogens is 187 g/mol. The highest BCUT2D eigenvalue weighted by Gasteiger charge is 1.93. The molecule has 0 spiro atoms. The van der Waals surface area contributed by atoms with Gasteiger partial charge in [-0.25, -0.2) is 9.82 Å². The van der Waals surface area contributed by atoms with Gasteiger partial charge in [0, 0.05) is 0 Å². The van der Waals surface area contributed by atoms with E-state index in [-0.39, 0.29) is 5.82 Å². The number of nitrogens with one attached hydrogen (secondary N) is 1. The van der Waals surface area contributed by atoms with Crippen LogP contribution in [0.3, 0.4) is 0 Å². The molecule has 0 unspecified atom stereocenters. The SMILES string of the molecule is O=C(CO)N/N=C\c1ccc(F)cc1. The predicted octanol–water partition coefficient (Wildman–Crippen LogP) is 0.268. The molecule has 0 aliphatic carbocycles. The van der Waals surface area contributed by atoms with E-state index in [9.17, 15) is 9.18 Å². The Kier molecular flexibility index (Phi) is 3.75. The minimum atomic E-state index is -0.610. The van der Waals surface area contributed by atoms with E-state index in [0.29, 0.717) is 5.56 Å². The van der Waals surface area contributed by atoms with Gasteiger partial charge >= 0.3 is 0 Å². The van der Waals surface area contributed by atoms with Crippen LogP contribution >= 0.6 is 0 Å². The van der Waals surface area contributed by atoms with Crippen molar-refractivity contribution in [2.45, 2.75) is 0 Å². The van der Waals surface area contributed by atoms with E-state index < -0.39 is 12.5 Å². The molecule has 14 heavy (non-hydrogen) atoms. The van der Waals surface area contributed by atoms with Crippen LogP contribution in [-0.2, 0) is 4.79 Å². The fourth-order valence-electron chi connectivity index (χ4n) is 0.763. The molecule has 74 valence electrons. The number of amides is 1. The number of aliphatic hydroxyl groups is 1. The number of nitrogens with zero attached hydrogens (tertiary/aromatic N) is 1. The Morgan fingerprint density at radius 2 is 2.14 bits per heavy atom. The summed E-state index contributed by atoms with van der Waals surface area (Å²) >= 11 is 0. The van der Waals surface area contributed by atoms with Crippen LogP contribution in [0.2, 0.25) is 0 Å². The van der Waals surface area contributed by atoms with E-state index in [1.54, 1.807) is 0 Å². The molecule has 0 aliphatic heterocycles. The van der Waals surface area contributed by atoms with Crippen molar-refractivity contribution >= 4 is 12.1 Å². The van der Waals surface area contributed by atoms with Crippen molar-refractivity contribution in [1.29, 1.82) is 0 Å². The molecule has 0 bridgehead atoms. The molecule has 4 nitrogen and oxygen atoms in total. The molecule has 0 fully saturated rings. The third-order valence-corrected chi connectivity index (χ3v) is 1.42. The number of hydrogen-bond acceptors (Lipinski definition) is 3. The molecular formula is C9H9FN2O2. The molecule has 1 amide bonds. The zero-order valence-corrected chi connectivity index (χ0v) is 7.27. The molecule has 1 rings (SSSR count). The zero-order chi connectivity index (χ0) is 10.4. The van der Waals surface area contributed by atoms with Crippen LogP contribution < -0.4 is 5.43 Å². The molecule has 1 aromatic rings. The van der Waals surface area contributed by atoms with E-state index in [1.165, 1.54) is 30.5 Å². The second-order valence-corrected chi connectivity index (χ2v) is 2.50. The molecule has 0 radical (unpaired) electrons. The number of hydrazone groups is 1. The fraction of sp³-hybridized carbons (Fsp3) is 0.111. The largest absolute Gasteiger partial charge is 0.386 e. The summed E-state index contributed by atoms with van der Waals surface area (Å²) in [5.74, 6) is -0.926. The van der Waals surface area contributed by atoms with E-state index >= 15 is 0 Å². The molecule has 0 atom stereocenters. The summed E-state index contributed by atoms with van der Waals surface area (Å²) in [4.78, 5) is 10.5. The van der Waals surface area contributed by atoms with Gasteiger partial charge in [-0.05, 0) is 17.7 Å². The Balaban J connectivity index is 2.52. The third kappa shape index (κ3) is 3.32. The van der Waals surface area contributed by atoms with Crippen molar-refractivity contribution in [3.8, 4) is 0 Å². The van der Waals surface area contributed by atoms with Crippen LogP contribution in [0.15, 0.2) is 29.4 Å².